The normalized spacial score (nSPS) is 11.5. The first-order chi connectivity index (χ1) is 15.8. The summed E-state index contributed by atoms with van der Waals surface area (Å²) in [6.07, 6.45) is 13.3. The number of amides is 1. The highest BCUT2D eigenvalue weighted by Gasteiger charge is 2.09. The standard InChI is InChI=1S/C27H45NO3S2/c1-27(2,3)33-22-16-9-7-5-4-6-8-11-19-25(29)28-23-17-13-14-18-24(23)32-21-15-10-12-20-26(30)31/h13-14,17-18H,4-12,15-16,19-22H2,1-3H3,(H,28,29)(H,30,31). The molecule has 1 aromatic carbocycles. The molecule has 1 amide bonds. The van der Waals surface area contributed by atoms with Crippen molar-refractivity contribution in [3.8, 4) is 0 Å². The predicted molar refractivity (Wildman–Crippen MR) is 146 cm³/mol. The van der Waals surface area contributed by atoms with Crippen molar-refractivity contribution in [1.29, 1.82) is 0 Å². The Morgan fingerprint density at radius 3 is 2.00 bits per heavy atom. The van der Waals surface area contributed by atoms with Gasteiger partial charge in [0.1, 0.15) is 0 Å². The van der Waals surface area contributed by atoms with Crippen LogP contribution >= 0.6 is 23.5 Å². The zero-order chi connectivity index (χ0) is 24.4. The highest BCUT2D eigenvalue weighted by Crippen LogP contribution is 2.28. The van der Waals surface area contributed by atoms with Crippen molar-refractivity contribution in [1.82, 2.24) is 0 Å². The molecule has 0 aliphatic rings. The molecule has 1 aromatic rings. The Kier molecular flexibility index (Phi) is 16.5. The average molecular weight is 496 g/mol. The monoisotopic (exact) mass is 495 g/mol. The van der Waals surface area contributed by atoms with Gasteiger partial charge in [-0.3, -0.25) is 9.59 Å². The molecule has 0 bridgehead atoms. The van der Waals surface area contributed by atoms with Crippen LogP contribution in [0.3, 0.4) is 0 Å². The molecule has 0 unspecified atom stereocenters. The van der Waals surface area contributed by atoms with Crippen molar-refractivity contribution in [3.63, 3.8) is 0 Å². The van der Waals surface area contributed by atoms with Gasteiger partial charge in [-0.25, -0.2) is 0 Å². The zero-order valence-corrected chi connectivity index (χ0v) is 22.6. The third kappa shape index (κ3) is 17.9. The van der Waals surface area contributed by atoms with E-state index in [4.69, 9.17) is 5.11 Å². The third-order valence-electron chi connectivity index (χ3n) is 5.29. The summed E-state index contributed by atoms with van der Waals surface area (Å²) in [7, 11) is 0. The van der Waals surface area contributed by atoms with Crippen molar-refractivity contribution < 1.29 is 14.7 Å². The molecule has 1 rings (SSSR count). The van der Waals surface area contributed by atoms with Gasteiger partial charge in [0.15, 0.2) is 0 Å². The molecule has 0 fully saturated rings. The summed E-state index contributed by atoms with van der Waals surface area (Å²) >= 11 is 3.79. The lowest BCUT2D eigenvalue weighted by atomic mass is 10.1. The smallest absolute Gasteiger partial charge is 0.303 e. The number of thioether (sulfide) groups is 2. The highest BCUT2D eigenvalue weighted by molar-refractivity contribution is 8.00. The van der Waals surface area contributed by atoms with Crippen LogP contribution in [0.25, 0.3) is 0 Å². The Balaban J connectivity index is 2.09. The molecule has 188 valence electrons. The number of nitrogens with one attached hydrogen (secondary N) is 1. The van der Waals surface area contributed by atoms with E-state index in [0.717, 1.165) is 48.4 Å². The molecule has 4 nitrogen and oxygen atoms in total. The summed E-state index contributed by atoms with van der Waals surface area (Å²) in [5.41, 5.74) is 0.891. The van der Waals surface area contributed by atoms with Crippen molar-refractivity contribution in [3.05, 3.63) is 24.3 Å². The van der Waals surface area contributed by atoms with Crippen LogP contribution in [0.4, 0.5) is 5.69 Å². The van der Waals surface area contributed by atoms with Crippen LogP contribution in [-0.2, 0) is 9.59 Å². The molecule has 6 heteroatoms. The van der Waals surface area contributed by atoms with E-state index >= 15 is 0 Å². The van der Waals surface area contributed by atoms with Gasteiger partial charge in [0.25, 0.3) is 0 Å². The molecule has 0 aliphatic carbocycles. The molecule has 0 saturated heterocycles. The van der Waals surface area contributed by atoms with Crippen molar-refractivity contribution in [2.75, 3.05) is 16.8 Å². The van der Waals surface area contributed by atoms with E-state index in [1.165, 1.54) is 44.3 Å². The number of carbonyl (C=O) groups excluding carboxylic acids is 1. The molecule has 0 atom stereocenters. The van der Waals surface area contributed by atoms with E-state index in [-0.39, 0.29) is 12.3 Å². The molecule has 0 aromatic heterocycles. The number of unbranched alkanes of at least 4 members (excludes halogenated alkanes) is 9. The van der Waals surface area contributed by atoms with Crippen LogP contribution < -0.4 is 5.32 Å². The number of carboxylic acid groups (broad SMARTS) is 1. The Labute approximate surface area is 210 Å². The summed E-state index contributed by atoms with van der Waals surface area (Å²) in [6, 6.07) is 7.95. The number of anilines is 1. The predicted octanol–water partition coefficient (Wildman–Crippen LogP) is 8.40. The maximum atomic E-state index is 12.4. The molecule has 0 saturated carbocycles. The fraction of sp³-hybridized carbons (Fsp3) is 0.704. The molecule has 0 aliphatic heterocycles. The Morgan fingerprint density at radius 1 is 0.788 bits per heavy atom. The fourth-order valence-corrected chi connectivity index (χ4v) is 5.45. The van der Waals surface area contributed by atoms with Gasteiger partial charge >= 0.3 is 5.97 Å². The van der Waals surface area contributed by atoms with Gasteiger partial charge in [0.2, 0.25) is 5.91 Å². The van der Waals surface area contributed by atoms with Gasteiger partial charge < -0.3 is 10.4 Å². The number of carbonyl (C=O) groups is 2. The summed E-state index contributed by atoms with van der Waals surface area (Å²) in [6.45, 7) is 6.85. The van der Waals surface area contributed by atoms with Gasteiger partial charge in [-0.15, -0.1) is 11.8 Å². The van der Waals surface area contributed by atoms with Crippen molar-refractivity contribution in [2.24, 2.45) is 0 Å². The Hall–Kier alpha value is -1.14. The number of para-hydroxylation sites is 1. The minimum atomic E-state index is -0.725. The van der Waals surface area contributed by atoms with Crippen LogP contribution in [0.5, 0.6) is 0 Å². The molecular formula is C27H45NO3S2. The lowest BCUT2D eigenvalue weighted by Crippen LogP contribution is -2.11. The quantitative estimate of drug-likeness (QED) is 0.149. The summed E-state index contributed by atoms with van der Waals surface area (Å²) < 4.78 is 0.387. The van der Waals surface area contributed by atoms with E-state index < -0.39 is 5.97 Å². The number of aliphatic carboxylic acids is 1. The summed E-state index contributed by atoms with van der Waals surface area (Å²) in [4.78, 5) is 24.0. The minimum Gasteiger partial charge on any atom is -0.481 e. The first-order valence-corrected chi connectivity index (χ1v) is 14.6. The van der Waals surface area contributed by atoms with Crippen molar-refractivity contribution >= 4 is 41.1 Å². The number of carboxylic acids is 1. The van der Waals surface area contributed by atoms with E-state index in [0.29, 0.717) is 11.2 Å². The molecular weight excluding hydrogens is 450 g/mol. The SMILES string of the molecule is CC(C)(C)SCCCCCCCCCCC(=O)Nc1ccccc1SCCCCCC(=O)O. The highest BCUT2D eigenvalue weighted by atomic mass is 32.2. The maximum Gasteiger partial charge on any atom is 0.303 e. The zero-order valence-electron chi connectivity index (χ0n) is 21.0. The van der Waals surface area contributed by atoms with Gasteiger partial charge in [0.05, 0.1) is 5.69 Å². The van der Waals surface area contributed by atoms with Crippen LogP contribution in [0.1, 0.15) is 104 Å². The molecule has 0 heterocycles. The molecule has 0 spiro atoms. The molecule has 2 N–H and O–H groups in total. The van der Waals surface area contributed by atoms with Crippen LogP contribution in [0.2, 0.25) is 0 Å². The lowest BCUT2D eigenvalue weighted by Gasteiger charge is -2.17. The number of rotatable bonds is 19. The van der Waals surface area contributed by atoms with E-state index in [2.05, 4.69) is 37.8 Å². The fourth-order valence-electron chi connectivity index (χ4n) is 3.47. The third-order valence-corrected chi connectivity index (χ3v) is 7.81. The van der Waals surface area contributed by atoms with Crippen LogP contribution in [0.15, 0.2) is 29.2 Å². The molecule has 0 radical (unpaired) electrons. The van der Waals surface area contributed by atoms with E-state index in [1.807, 2.05) is 24.3 Å². The topological polar surface area (TPSA) is 66.4 Å². The second-order valence-corrected chi connectivity index (χ2v) is 12.7. The number of benzene rings is 1. The van der Waals surface area contributed by atoms with E-state index in [9.17, 15) is 9.59 Å². The number of hydrogen-bond donors (Lipinski definition) is 2. The summed E-state index contributed by atoms with van der Waals surface area (Å²) in [5, 5.41) is 11.8. The Morgan fingerprint density at radius 2 is 1.33 bits per heavy atom. The lowest BCUT2D eigenvalue weighted by molar-refractivity contribution is -0.137. The second kappa shape index (κ2) is 18.2. The van der Waals surface area contributed by atoms with Crippen LogP contribution in [-0.4, -0.2) is 33.2 Å². The van der Waals surface area contributed by atoms with Gasteiger partial charge in [-0.05, 0) is 49.3 Å². The van der Waals surface area contributed by atoms with Gasteiger partial charge in [0, 0.05) is 22.5 Å². The maximum absolute atomic E-state index is 12.4. The second-order valence-electron chi connectivity index (χ2n) is 9.64. The summed E-state index contributed by atoms with van der Waals surface area (Å²) in [5.74, 6) is 1.58. The number of hydrogen-bond acceptors (Lipinski definition) is 4. The van der Waals surface area contributed by atoms with E-state index in [1.54, 1.807) is 11.8 Å². The van der Waals surface area contributed by atoms with Gasteiger partial charge in [-0.1, -0.05) is 77.8 Å². The van der Waals surface area contributed by atoms with Gasteiger partial charge in [-0.2, -0.15) is 11.8 Å². The average Bonchev–Trinajstić information content (AvgIpc) is 2.74. The van der Waals surface area contributed by atoms with Crippen LogP contribution in [0, 0.1) is 0 Å². The van der Waals surface area contributed by atoms with Crippen molar-refractivity contribution in [2.45, 2.75) is 114 Å². The first-order valence-electron chi connectivity index (χ1n) is 12.7. The Bertz CT molecular complexity index is 674. The minimum absolute atomic E-state index is 0.0980. The largest absolute Gasteiger partial charge is 0.481 e. The molecule has 33 heavy (non-hydrogen) atoms. The first kappa shape index (κ1) is 29.9.